The molecule has 1 heterocycles. The van der Waals surface area contributed by atoms with Gasteiger partial charge >= 0.3 is 0 Å². The molecule has 2 rings (SSSR count). The molecule has 0 saturated carbocycles. The van der Waals surface area contributed by atoms with Gasteiger partial charge < -0.3 is 9.64 Å². The third kappa shape index (κ3) is 4.75. The van der Waals surface area contributed by atoms with Crippen molar-refractivity contribution in [1.82, 2.24) is 4.90 Å². The first-order chi connectivity index (χ1) is 10.1. The number of methoxy groups -OCH3 is 1. The molecule has 21 heavy (non-hydrogen) atoms. The monoisotopic (exact) mass is 307 g/mol. The highest BCUT2D eigenvalue weighted by atomic mass is 32.2. The molecule has 1 aromatic carbocycles. The van der Waals surface area contributed by atoms with Crippen molar-refractivity contribution in [3.63, 3.8) is 0 Å². The molecule has 1 saturated heterocycles. The highest BCUT2D eigenvalue weighted by molar-refractivity contribution is 7.99. The zero-order chi connectivity index (χ0) is 15.2. The summed E-state index contributed by atoms with van der Waals surface area (Å²) in [6, 6.07) is 8.47. The van der Waals surface area contributed by atoms with Crippen LogP contribution in [0.4, 0.5) is 0 Å². The molecule has 1 aliphatic heterocycles. The van der Waals surface area contributed by atoms with Crippen molar-refractivity contribution < 1.29 is 9.53 Å². The Kier molecular flexibility index (Phi) is 6.12. The molecule has 1 aromatic rings. The summed E-state index contributed by atoms with van der Waals surface area (Å²) in [6.07, 6.45) is 1.22. The first kappa shape index (κ1) is 16.4. The van der Waals surface area contributed by atoms with Gasteiger partial charge in [-0.15, -0.1) is 11.8 Å². The lowest BCUT2D eigenvalue weighted by molar-refractivity contribution is -0.133. The normalized spacial score (nSPS) is 22.3. The molecule has 1 fully saturated rings. The summed E-state index contributed by atoms with van der Waals surface area (Å²) in [5.74, 6) is 2.23. The molecule has 0 spiro atoms. The van der Waals surface area contributed by atoms with E-state index in [1.807, 2.05) is 4.90 Å². The molecule has 0 bridgehead atoms. The van der Waals surface area contributed by atoms with Gasteiger partial charge in [0, 0.05) is 26.0 Å². The Balaban J connectivity index is 1.77. The first-order valence-corrected chi connectivity index (χ1v) is 8.69. The summed E-state index contributed by atoms with van der Waals surface area (Å²) < 4.78 is 5.47. The summed E-state index contributed by atoms with van der Waals surface area (Å²) >= 11 is 1.69. The number of benzene rings is 1. The van der Waals surface area contributed by atoms with Crippen molar-refractivity contribution in [3.05, 3.63) is 35.4 Å². The Bertz CT molecular complexity index is 478. The number of thioether (sulfide) groups is 1. The minimum absolute atomic E-state index is 0.185. The Morgan fingerprint density at radius 2 is 2.29 bits per heavy atom. The lowest BCUT2D eigenvalue weighted by Gasteiger charge is -2.36. The van der Waals surface area contributed by atoms with Crippen LogP contribution in [-0.4, -0.2) is 42.9 Å². The van der Waals surface area contributed by atoms with Gasteiger partial charge in [0.15, 0.2) is 0 Å². The molecule has 2 unspecified atom stereocenters. The molecule has 3 nitrogen and oxygen atoms in total. The number of rotatable bonds is 5. The van der Waals surface area contributed by atoms with Gasteiger partial charge in [-0.2, -0.15) is 0 Å². The molecule has 0 aliphatic carbocycles. The number of piperidine rings is 1. The molecular weight excluding hydrogens is 282 g/mol. The second kappa shape index (κ2) is 7.85. The van der Waals surface area contributed by atoms with E-state index in [1.54, 1.807) is 18.9 Å². The van der Waals surface area contributed by atoms with Gasteiger partial charge in [0.1, 0.15) is 0 Å². The molecule has 0 aromatic heterocycles. The van der Waals surface area contributed by atoms with Gasteiger partial charge in [-0.05, 0) is 24.8 Å². The van der Waals surface area contributed by atoms with Gasteiger partial charge in [-0.25, -0.2) is 0 Å². The van der Waals surface area contributed by atoms with E-state index in [1.165, 1.54) is 11.1 Å². The second-order valence-electron chi connectivity index (χ2n) is 5.86. The maximum atomic E-state index is 12.3. The number of carbonyl (C=O) groups is 1. The first-order valence-electron chi connectivity index (χ1n) is 7.54. The van der Waals surface area contributed by atoms with Crippen LogP contribution in [0.1, 0.15) is 24.5 Å². The van der Waals surface area contributed by atoms with E-state index in [0.29, 0.717) is 11.7 Å². The van der Waals surface area contributed by atoms with Crippen LogP contribution >= 0.6 is 11.8 Å². The number of amides is 1. The van der Waals surface area contributed by atoms with Crippen molar-refractivity contribution in [2.24, 2.45) is 5.92 Å². The van der Waals surface area contributed by atoms with Crippen LogP contribution in [0.25, 0.3) is 0 Å². The number of aryl methyl sites for hydroxylation is 1. The topological polar surface area (TPSA) is 29.5 Å². The number of hydrogen-bond donors (Lipinski definition) is 0. The van der Waals surface area contributed by atoms with Crippen LogP contribution in [0.15, 0.2) is 24.3 Å². The van der Waals surface area contributed by atoms with Gasteiger partial charge in [-0.1, -0.05) is 36.8 Å². The number of hydrogen-bond acceptors (Lipinski definition) is 3. The maximum Gasteiger partial charge on any atom is 0.232 e. The van der Waals surface area contributed by atoms with Crippen LogP contribution in [-0.2, 0) is 15.3 Å². The maximum absolute atomic E-state index is 12.3. The summed E-state index contributed by atoms with van der Waals surface area (Å²) in [7, 11) is 1.74. The largest absolute Gasteiger partial charge is 0.379 e. The van der Waals surface area contributed by atoms with Gasteiger partial charge in [0.25, 0.3) is 0 Å². The van der Waals surface area contributed by atoms with Crippen molar-refractivity contribution in [3.8, 4) is 0 Å². The quantitative estimate of drug-likeness (QED) is 0.837. The predicted octanol–water partition coefficient (Wildman–Crippen LogP) is 3.11. The zero-order valence-electron chi connectivity index (χ0n) is 13.2. The fraction of sp³-hybridized carbons (Fsp3) is 0.588. The number of ether oxygens (including phenoxy) is 1. The molecule has 2 atom stereocenters. The number of nitrogens with zero attached hydrogens (tertiary/aromatic N) is 1. The third-order valence-corrected chi connectivity index (χ3v) is 5.11. The van der Waals surface area contributed by atoms with Gasteiger partial charge in [0.05, 0.1) is 11.9 Å². The van der Waals surface area contributed by atoms with Gasteiger partial charge in [-0.3, -0.25) is 4.79 Å². The molecule has 116 valence electrons. The third-order valence-electron chi connectivity index (χ3n) is 4.12. The molecule has 0 N–H and O–H groups in total. The molecular formula is C17H25NO2S. The standard InChI is InChI=1S/C17H25NO2S/c1-13-5-4-6-15(9-13)11-21-12-17(19)18-8-7-14(2)16(10-18)20-3/h4-6,9,14,16H,7-8,10-12H2,1-3H3. The fourth-order valence-electron chi connectivity index (χ4n) is 2.72. The van der Waals surface area contributed by atoms with E-state index in [4.69, 9.17) is 4.74 Å². The predicted molar refractivity (Wildman–Crippen MR) is 88.5 cm³/mol. The van der Waals surface area contributed by atoms with Crippen LogP contribution < -0.4 is 0 Å². The van der Waals surface area contributed by atoms with Crippen LogP contribution in [0.3, 0.4) is 0 Å². The zero-order valence-corrected chi connectivity index (χ0v) is 14.0. The molecule has 1 amide bonds. The Hall–Kier alpha value is -1.00. The van der Waals surface area contributed by atoms with E-state index in [0.717, 1.165) is 25.3 Å². The van der Waals surface area contributed by atoms with Crippen LogP contribution in [0, 0.1) is 12.8 Å². The van der Waals surface area contributed by atoms with Crippen molar-refractivity contribution in [1.29, 1.82) is 0 Å². The van der Waals surface area contributed by atoms with Crippen LogP contribution in [0.2, 0.25) is 0 Å². The SMILES string of the molecule is COC1CN(C(=O)CSCc2cccc(C)c2)CCC1C. The number of likely N-dealkylation sites (tertiary alicyclic amines) is 1. The van der Waals surface area contributed by atoms with Crippen LogP contribution in [0.5, 0.6) is 0 Å². The molecule has 4 heteroatoms. The summed E-state index contributed by atoms with van der Waals surface area (Å²) in [5.41, 5.74) is 2.56. The highest BCUT2D eigenvalue weighted by Crippen LogP contribution is 2.21. The van der Waals surface area contributed by atoms with E-state index in [9.17, 15) is 4.79 Å². The van der Waals surface area contributed by atoms with E-state index >= 15 is 0 Å². The van der Waals surface area contributed by atoms with Gasteiger partial charge in [0.2, 0.25) is 5.91 Å². The van der Waals surface area contributed by atoms with Crippen molar-refractivity contribution in [2.75, 3.05) is 26.0 Å². The Morgan fingerprint density at radius 3 is 3.00 bits per heavy atom. The summed E-state index contributed by atoms with van der Waals surface area (Å²) in [5, 5.41) is 0. The van der Waals surface area contributed by atoms with E-state index in [-0.39, 0.29) is 12.0 Å². The number of carbonyl (C=O) groups excluding carboxylic acids is 1. The summed E-state index contributed by atoms with van der Waals surface area (Å²) in [6.45, 7) is 5.90. The van der Waals surface area contributed by atoms with E-state index < -0.39 is 0 Å². The minimum Gasteiger partial charge on any atom is -0.379 e. The second-order valence-corrected chi connectivity index (χ2v) is 6.85. The smallest absolute Gasteiger partial charge is 0.232 e. The minimum atomic E-state index is 0.185. The summed E-state index contributed by atoms with van der Waals surface area (Å²) in [4.78, 5) is 14.2. The average Bonchev–Trinajstić information content (AvgIpc) is 2.47. The molecule has 1 aliphatic rings. The van der Waals surface area contributed by atoms with Crippen molar-refractivity contribution >= 4 is 17.7 Å². The van der Waals surface area contributed by atoms with Crippen molar-refractivity contribution in [2.45, 2.75) is 32.1 Å². The highest BCUT2D eigenvalue weighted by Gasteiger charge is 2.28. The molecule has 0 radical (unpaired) electrons. The lowest BCUT2D eigenvalue weighted by atomic mass is 9.96. The average molecular weight is 307 g/mol. The lowest BCUT2D eigenvalue weighted by Crippen LogP contribution is -2.47. The van der Waals surface area contributed by atoms with E-state index in [2.05, 4.69) is 38.1 Å². The Morgan fingerprint density at radius 1 is 1.48 bits per heavy atom. The fourth-order valence-corrected chi connectivity index (χ4v) is 3.59. The Labute approximate surface area is 132 Å².